The highest BCUT2D eigenvalue weighted by Crippen LogP contribution is 2.35. The molecule has 2 aromatic rings. The summed E-state index contributed by atoms with van der Waals surface area (Å²) in [7, 11) is 0. The van der Waals surface area contributed by atoms with Crippen LogP contribution in [0.5, 0.6) is 0 Å². The van der Waals surface area contributed by atoms with Gasteiger partial charge in [0, 0.05) is 25.3 Å². The van der Waals surface area contributed by atoms with Gasteiger partial charge in [-0.05, 0) is 77.8 Å². The van der Waals surface area contributed by atoms with Crippen molar-refractivity contribution in [2.45, 2.75) is 51.2 Å². The number of benzene rings is 2. The van der Waals surface area contributed by atoms with E-state index >= 15 is 0 Å². The molecule has 4 rings (SSSR count). The Morgan fingerprint density at radius 3 is 2.47 bits per heavy atom. The van der Waals surface area contributed by atoms with Crippen LogP contribution in [0.15, 0.2) is 49.1 Å². The summed E-state index contributed by atoms with van der Waals surface area (Å²) < 4.78 is 39.0. The standard InChI is InChI=1S/C26H29F3N2O/c1-2-25(32)31-13-12-23-21(17-31)14-20(19-8-10-22(11-9-19)26(27,28)29)15-24(23)30-16-18-6-4-3-5-7-18/h2,8-11,14-15,18,30H,1,3-7,12-13,16-17H2. The third kappa shape index (κ3) is 5.00. The van der Waals surface area contributed by atoms with Crippen molar-refractivity contribution >= 4 is 11.6 Å². The number of hydrogen-bond donors (Lipinski definition) is 1. The van der Waals surface area contributed by atoms with Crippen molar-refractivity contribution in [2.24, 2.45) is 5.92 Å². The molecule has 0 radical (unpaired) electrons. The van der Waals surface area contributed by atoms with Gasteiger partial charge >= 0.3 is 6.18 Å². The number of carbonyl (C=O) groups is 1. The van der Waals surface area contributed by atoms with Crippen molar-refractivity contribution in [3.63, 3.8) is 0 Å². The highest BCUT2D eigenvalue weighted by atomic mass is 19.4. The Morgan fingerprint density at radius 1 is 1.09 bits per heavy atom. The quantitative estimate of drug-likeness (QED) is 0.541. The lowest BCUT2D eigenvalue weighted by Gasteiger charge is -2.31. The summed E-state index contributed by atoms with van der Waals surface area (Å²) in [5.74, 6) is 0.545. The van der Waals surface area contributed by atoms with E-state index < -0.39 is 11.7 Å². The molecule has 0 bridgehead atoms. The van der Waals surface area contributed by atoms with Gasteiger partial charge in [-0.3, -0.25) is 4.79 Å². The van der Waals surface area contributed by atoms with Crippen molar-refractivity contribution < 1.29 is 18.0 Å². The third-order valence-electron chi connectivity index (χ3n) is 6.67. The van der Waals surface area contributed by atoms with E-state index in [0.29, 0.717) is 19.0 Å². The molecule has 1 amide bonds. The number of nitrogens with zero attached hydrogens (tertiary/aromatic N) is 1. The fraction of sp³-hybridized carbons (Fsp3) is 0.423. The van der Waals surface area contributed by atoms with Gasteiger partial charge in [0.05, 0.1) is 5.56 Å². The molecule has 0 aromatic heterocycles. The van der Waals surface area contributed by atoms with Crippen LogP contribution in [0.1, 0.15) is 48.8 Å². The number of halogens is 3. The predicted molar refractivity (Wildman–Crippen MR) is 121 cm³/mol. The van der Waals surface area contributed by atoms with E-state index in [1.807, 2.05) is 6.07 Å². The van der Waals surface area contributed by atoms with Gasteiger partial charge in [0.15, 0.2) is 0 Å². The van der Waals surface area contributed by atoms with Crippen LogP contribution in [-0.4, -0.2) is 23.9 Å². The SMILES string of the molecule is C=CC(=O)N1CCc2c(cc(-c3ccc(C(F)(F)F)cc3)cc2NCC2CCCCC2)C1. The zero-order chi connectivity index (χ0) is 22.7. The summed E-state index contributed by atoms with van der Waals surface area (Å²) in [5, 5.41) is 3.64. The number of fused-ring (bicyclic) bond motifs is 1. The number of alkyl halides is 3. The molecule has 1 saturated carbocycles. The van der Waals surface area contributed by atoms with E-state index in [0.717, 1.165) is 47.5 Å². The summed E-state index contributed by atoms with van der Waals surface area (Å²) in [4.78, 5) is 13.9. The largest absolute Gasteiger partial charge is 0.416 e. The fourth-order valence-electron chi connectivity index (χ4n) is 4.84. The van der Waals surface area contributed by atoms with Crippen molar-refractivity contribution in [3.8, 4) is 11.1 Å². The summed E-state index contributed by atoms with van der Waals surface area (Å²) in [6, 6.07) is 9.34. The molecule has 0 atom stereocenters. The Kier molecular flexibility index (Phi) is 6.58. The first-order valence-electron chi connectivity index (χ1n) is 11.3. The van der Waals surface area contributed by atoms with Crippen LogP contribution in [0.2, 0.25) is 0 Å². The van der Waals surface area contributed by atoms with Crippen LogP contribution >= 0.6 is 0 Å². The van der Waals surface area contributed by atoms with Gasteiger partial charge in [0.1, 0.15) is 0 Å². The molecule has 2 aliphatic rings. The third-order valence-corrected chi connectivity index (χ3v) is 6.67. The maximum Gasteiger partial charge on any atom is 0.416 e. The number of carbonyl (C=O) groups excluding carboxylic acids is 1. The molecule has 1 N–H and O–H groups in total. The minimum atomic E-state index is -4.35. The molecule has 1 aliphatic heterocycles. The van der Waals surface area contributed by atoms with E-state index in [9.17, 15) is 18.0 Å². The van der Waals surface area contributed by atoms with Gasteiger partial charge in [0.25, 0.3) is 0 Å². The van der Waals surface area contributed by atoms with Crippen molar-refractivity contribution in [1.82, 2.24) is 4.90 Å². The Balaban J connectivity index is 1.65. The normalized spacial score (nSPS) is 17.0. The average molecular weight is 443 g/mol. The summed E-state index contributed by atoms with van der Waals surface area (Å²) in [6.45, 7) is 5.60. The first-order chi connectivity index (χ1) is 15.3. The molecule has 2 aromatic carbocycles. The summed E-state index contributed by atoms with van der Waals surface area (Å²) >= 11 is 0. The lowest BCUT2D eigenvalue weighted by Crippen LogP contribution is -2.35. The van der Waals surface area contributed by atoms with E-state index in [4.69, 9.17) is 0 Å². The van der Waals surface area contributed by atoms with Gasteiger partial charge < -0.3 is 10.2 Å². The topological polar surface area (TPSA) is 32.3 Å². The van der Waals surface area contributed by atoms with Crippen LogP contribution < -0.4 is 5.32 Å². The number of amides is 1. The predicted octanol–water partition coefficient (Wildman–Crippen LogP) is 6.44. The summed E-state index contributed by atoms with van der Waals surface area (Å²) in [5.41, 5.74) is 4.20. The maximum atomic E-state index is 13.0. The molecule has 0 unspecified atom stereocenters. The zero-order valence-corrected chi connectivity index (χ0v) is 18.2. The molecular formula is C26H29F3N2O. The number of hydrogen-bond acceptors (Lipinski definition) is 2. The molecule has 1 fully saturated rings. The van der Waals surface area contributed by atoms with Crippen LogP contribution in [0.25, 0.3) is 11.1 Å². The number of anilines is 1. The highest BCUT2D eigenvalue weighted by molar-refractivity contribution is 5.87. The first kappa shape index (κ1) is 22.4. The van der Waals surface area contributed by atoms with Gasteiger partial charge in [-0.1, -0.05) is 38.0 Å². The minimum Gasteiger partial charge on any atom is -0.385 e. The monoisotopic (exact) mass is 442 g/mol. The second-order valence-electron chi connectivity index (χ2n) is 8.84. The molecule has 32 heavy (non-hydrogen) atoms. The number of rotatable bonds is 5. The molecule has 0 saturated heterocycles. The van der Waals surface area contributed by atoms with E-state index in [-0.39, 0.29) is 5.91 Å². The average Bonchev–Trinajstić information content (AvgIpc) is 2.81. The van der Waals surface area contributed by atoms with Gasteiger partial charge in [-0.15, -0.1) is 0 Å². The second-order valence-corrected chi connectivity index (χ2v) is 8.84. The van der Waals surface area contributed by atoms with Crippen LogP contribution in [0.3, 0.4) is 0 Å². The van der Waals surface area contributed by atoms with Crippen LogP contribution in [0.4, 0.5) is 18.9 Å². The van der Waals surface area contributed by atoms with E-state index in [2.05, 4.69) is 18.0 Å². The Labute approximate surface area is 187 Å². The van der Waals surface area contributed by atoms with Crippen LogP contribution in [-0.2, 0) is 23.9 Å². The lowest BCUT2D eigenvalue weighted by atomic mass is 9.88. The molecular weight excluding hydrogens is 413 g/mol. The van der Waals surface area contributed by atoms with Crippen molar-refractivity contribution in [3.05, 3.63) is 65.7 Å². The van der Waals surface area contributed by atoms with Gasteiger partial charge in [-0.25, -0.2) is 0 Å². The van der Waals surface area contributed by atoms with E-state index in [1.165, 1.54) is 55.9 Å². The molecule has 170 valence electrons. The van der Waals surface area contributed by atoms with Crippen molar-refractivity contribution in [2.75, 3.05) is 18.4 Å². The van der Waals surface area contributed by atoms with Gasteiger partial charge in [0.2, 0.25) is 5.91 Å². The molecule has 1 heterocycles. The Morgan fingerprint density at radius 2 is 1.81 bits per heavy atom. The summed E-state index contributed by atoms with van der Waals surface area (Å²) in [6.07, 6.45) is 4.03. The first-order valence-corrected chi connectivity index (χ1v) is 11.3. The molecule has 1 aliphatic carbocycles. The molecule has 0 spiro atoms. The van der Waals surface area contributed by atoms with Gasteiger partial charge in [-0.2, -0.15) is 13.2 Å². The minimum absolute atomic E-state index is 0.104. The van der Waals surface area contributed by atoms with E-state index in [1.54, 1.807) is 4.90 Å². The molecule has 6 heteroatoms. The fourth-order valence-corrected chi connectivity index (χ4v) is 4.84. The maximum absolute atomic E-state index is 13.0. The van der Waals surface area contributed by atoms with Crippen molar-refractivity contribution in [1.29, 1.82) is 0 Å². The smallest absolute Gasteiger partial charge is 0.385 e. The Bertz CT molecular complexity index is 976. The number of nitrogens with one attached hydrogen (secondary N) is 1. The molecule has 3 nitrogen and oxygen atoms in total. The Hall–Kier alpha value is -2.76. The van der Waals surface area contributed by atoms with Crippen LogP contribution in [0, 0.1) is 5.92 Å². The second kappa shape index (κ2) is 9.39. The zero-order valence-electron chi connectivity index (χ0n) is 18.2. The highest BCUT2D eigenvalue weighted by Gasteiger charge is 2.30. The lowest BCUT2D eigenvalue weighted by molar-refractivity contribution is -0.137.